The largest absolute Gasteiger partial charge is 0.337 e. The van der Waals surface area contributed by atoms with Gasteiger partial charge in [0.25, 0.3) is 5.91 Å². The van der Waals surface area contributed by atoms with Crippen molar-refractivity contribution in [2.75, 3.05) is 24.6 Å². The first-order chi connectivity index (χ1) is 10.4. The van der Waals surface area contributed by atoms with Crippen molar-refractivity contribution < 1.29 is 13.2 Å². The Hall–Kier alpha value is -0.880. The summed E-state index contributed by atoms with van der Waals surface area (Å²) in [5.41, 5.74) is 1.30. The minimum Gasteiger partial charge on any atom is -0.337 e. The normalized spacial score (nSPS) is 21.5. The van der Waals surface area contributed by atoms with Gasteiger partial charge in [0, 0.05) is 18.0 Å². The number of likely N-dealkylation sites (tertiary alicyclic amines) is 1. The highest BCUT2D eigenvalue weighted by Gasteiger charge is 2.45. The molecule has 1 amide bonds. The lowest BCUT2D eigenvalue weighted by Crippen LogP contribution is -2.57. The third kappa shape index (κ3) is 2.95. The average molecular weight is 341 g/mol. The van der Waals surface area contributed by atoms with Crippen LogP contribution in [-0.2, 0) is 22.7 Å². The quantitative estimate of drug-likeness (QED) is 0.826. The number of aryl methyl sites for hydroxylation is 2. The number of amides is 1. The zero-order valence-electron chi connectivity index (χ0n) is 13.2. The second-order valence-corrected chi connectivity index (χ2v) is 9.76. The predicted molar refractivity (Wildman–Crippen MR) is 89.2 cm³/mol. The van der Waals surface area contributed by atoms with Crippen LogP contribution in [0.15, 0.2) is 6.07 Å². The van der Waals surface area contributed by atoms with E-state index in [4.69, 9.17) is 0 Å². The first-order valence-corrected chi connectivity index (χ1v) is 10.7. The van der Waals surface area contributed by atoms with Gasteiger partial charge in [-0.15, -0.1) is 11.3 Å². The van der Waals surface area contributed by atoms with Crippen LogP contribution in [0.4, 0.5) is 0 Å². The molecule has 122 valence electrons. The van der Waals surface area contributed by atoms with Gasteiger partial charge in [-0.2, -0.15) is 0 Å². The highest BCUT2D eigenvalue weighted by atomic mass is 32.2. The second kappa shape index (κ2) is 5.96. The molecule has 0 radical (unpaired) electrons. The van der Waals surface area contributed by atoms with Gasteiger partial charge in [0.05, 0.1) is 16.4 Å². The topological polar surface area (TPSA) is 54.5 Å². The number of carbonyl (C=O) groups is 1. The molecule has 0 N–H and O–H groups in total. The Morgan fingerprint density at radius 3 is 2.50 bits per heavy atom. The zero-order valence-corrected chi connectivity index (χ0v) is 14.8. The Morgan fingerprint density at radius 1 is 1.27 bits per heavy atom. The zero-order chi connectivity index (χ0) is 15.9. The second-order valence-electron chi connectivity index (χ2n) is 6.47. The van der Waals surface area contributed by atoms with Gasteiger partial charge in [-0.25, -0.2) is 8.42 Å². The summed E-state index contributed by atoms with van der Waals surface area (Å²) >= 11 is 1.64. The Bertz CT molecular complexity index is 660. The first kappa shape index (κ1) is 16.0. The van der Waals surface area contributed by atoms with Crippen molar-refractivity contribution in [2.45, 2.75) is 33.1 Å². The molecule has 6 heteroatoms. The number of rotatable bonds is 5. The van der Waals surface area contributed by atoms with Crippen LogP contribution in [0.3, 0.4) is 0 Å². The molecule has 0 spiro atoms. The maximum Gasteiger partial charge on any atom is 0.263 e. The molecule has 3 rings (SSSR count). The number of hydrogen-bond donors (Lipinski definition) is 0. The molecule has 0 atom stereocenters. The molecule has 2 aliphatic rings. The van der Waals surface area contributed by atoms with Gasteiger partial charge in [0.15, 0.2) is 9.84 Å². The maximum absolute atomic E-state index is 12.5. The Labute approximate surface area is 136 Å². The average Bonchev–Trinajstić information content (AvgIpc) is 2.78. The summed E-state index contributed by atoms with van der Waals surface area (Å²) in [4.78, 5) is 16.6. The fraction of sp³-hybridized carbons (Fsp3) is 0.688. The van der Waals surface area contributed by atoms with Crippen LogP contribution in [0.5, 0.6) is 0 Å². The van der Waals surface area contributed by atoms with E-state index in [2.05, 4.69) is 19.9 Å². The number of sulfone groups is 1. The molecule has 3 heterocycles. The van der Waals surface area contributed by atoms with E-state index in [0.717, 1.165) is 37.2 Å². The molecule has 0 unspecified atom stereocenters. The van der Waals surface area contributed by atoms with Crippen molar-refractivity contribution in [3.05, 3.63) is 21.4 Å². The van der Waals surface area contributed by atoms with E-state index in [-0.39, 0.29) is 11.8 Å². The Kier molecular flexibility index (Phi) is 4.34. The molecule has 0 saturated carbocycles. The van der Waals surface area contributed by atoms with Crippen molar-refractivity contribution in [1.82, 2.24) is 4.90 Å². The summed E-state index contributed by atoms with van der Waals surface area (Å²) in [5.74, 6) is 1.42. The molecule has 2 saturated heterocycles. The van der Waals surface area contributed by atoms with Crippen LogP contribution < -0.4 is 0 Å². The SMILES string of the molecule is CCCc1sc(C(=O)N2CC(C3CS(=O)(=O)C3)C2)cc1CC. The highest BCUT2D eigenvalue weighted by Crippen LogP contribution is 2.34. The molecule has 22 heavy (non-hydrogen) atoms. The van der Waals surface area contributed by atoms with Gasteiger partial charge in [-0.3, -0.25) is 4.79 Å². The molecule has 1 aromatic rings. The van der Waals surface area contributed by atoms with Crippen molar-refractivity contribution in [3.8, 4) is 0 Å². The lowest BCUT2D eigenvalue weighted by atomic mass is 9.87. The highest BCUT2D eigenvalue weighted by molar-refractivity contribution is 7.92. The maximum atomic E-state index is 12.5. The van der Waals surface area contributed by atoms with Crippen molar-refractivity contribution in [3.63, 3.8) is 0 Å². The smallest absolute Gasteiger partial charge is 0.263 e. The van der Waals surface area contributed by atoms with Crippen LogP contribution in [0.25, 0.3) is 0 Å². The van der Waals surface area contributed by atoms with Gasteiger partial charge in [0.1, 0.15) is 0 Å². The fourth-order valence-electron chi connectivity index (χ4n) is 3.32. The third-order valence-electron chi connectivity index (χ3n) is 4.77. The number of hydrogen-bond acceptors (Lipinski definition) is 4. The van der Waals surface area contributed by atoms with Crippen molar-refractivity contribution in [1.29, 1.82) is 0 Å². The Morgan fingerprint density at radius 2 is 1.95 bits per heavy atom. The molecule has 2 fully saturated rings. The molecule has 0 bridgehead atoms. The standard InChI is InChI=1S/C16H23NO3S2/c1-3-5-14-11(4-2)6-15(21-14)16(18)17-7-12(8-17)13-9-22(19,20)10-13/h6,12-13H,3-5,7-10H2,1-2H3. The van der Waals surface area contributed by atoms with Gasteiger partial charge in [0.2, 0.25) is 0 Å². The molecule has 0 aliphatic carbocycles. The van der Waals surface area contributed by atoms with Gasteiger partial charge < -0.3 is 4.90 Å². The van der Waals surface area contributed by atoms with E-state index in [0.29, 0.717) is 17.4 Å². The van der Waals surface area contributed by atoms with Crippen LogP contribution in [0.1, 0.15) is 40.4 Å². The van der Waals surface area contributed by atoms with E-state index in [1.54, 1.807) is 11.3 Å². The van der Waals surface area contributed by atoms with Crippen molar-refractivity contribution >= 4 is 27.1 Å². The van der Waals surface area contributed by atoms with E-state index < -0.39 is 9.84 Å². The number of thiophene rings is 1. The summed E-state index contributed by atoms with van der Waals surface area (Å²) in [6.07, 6.45) is 3.12. The van der Waals surface area contributed by atoms with Crippen LogP contribution >= 0.6 is 11.3 Å². The molecule has 1 aromatic heterocycles. The number of carbonyl (C=O) groups excluding carboxylic acids is 1. The lowest BCUT2D eigenvalue weighted by molar-refractivity contribution is 0.0404. The Balaban J connectivity index is 1.59. The van der Waals surface area contributed by atoms with E-state index >= 15 is 0 Å². The predicted octanol–water partition coefficient (Wildman–Crippen LogP) is 2.38. The van der Waals surface area contributed by atoms with Crippen LogP contribution in [-0.4, -0.2) is 43.8 Å². The minimum atomic E-state index is -2.76. The summed E-state index contributed by atoms with van der Waals surface area (Å²) in [5, 5.41) is 0. The third-order valence-corrected chi connectivity index (χ3v) is 7.86. The van der Waals surface area contributed by atoms with Gasteiger partial charge >= 0.3 is 0 Å². The summed E-state index contributed by atoms with van der Waals surface area (Å²) in [6, 6.07) is 2.05. The summed E-state index contributed by atoms with van der Waals surface area (Å²) in [7, 11) is -2.76. The van der Waals surface area contributed by atoms with E-state index in [1.165, 1.54) is 10.4 Å². The van der Waals surface area contributed by atoms with Crippen molar-refractivity contribution in [2.24, 2.45) is 11.8 Å². The van der Waals surface area contributed by atoms with E-state index in [1.807, 2.05) is 4.90 Å². The van der Waals surface area contributed by atoms with Gasteiger partial charge in [-0.05, 0) is 36.3 Å². The van der Waals surface area contributed by atoms with Gasteiger partial charge in [-0.1, -0.05) is 20.3 Å². The number of nitrogens with zero attached hydrogens (tertiary/aromatic N) is 1. The molecular formula is C16H23NO3S2. The minimum absolute atomic E-state index is 0.125. The molecule has 4 nitrogen and oxygen atoms in total. The van der Waals surface area contributed by atoms with Crippen LogP contribution in [0, 0.1) is 11.8 Å². The monoisotopic (exact) mass is 341 g/mol. The molecule has 2 aliphatic heterocycles. The van der Waals surface area contributed by atoms with E-state index in [9.17, 15) is 13.2 Å². The first-order valence-electron chi connectivity index (χ1n) is 8.04. The summed E-state index contributed by atoms with van der Waals surface area (Å²) in [6.45, 7) is 5.74. The molecular weight excluding hydrogens is 318 g/mol. The fourth-order valence-corrected chi connectivity index (χ4v) is 6.39. The summed E-state index contributed by atoms with van der Waals surface area (Å²) < 4.78 is 22.5. The molecule has 0 aromatic carbocycles. The van der Waals surface area contributed by atoms with Crippen LogP contribution in [0.2, 0.25) is 0 Å². The lowest BCUT2D eigenvalue weighted by Gasteiger charge is -2.45.